The summed E-state index contributed by atoms with van der Waals surface area (Å²) < 4.78 is 17.8. The number of nitrogens with one attached hydrogen (secondary N) is 2. The van der Waals surface area contributed by atoms with Crippen molar-refractivity contribution in [3.63, 3.8) is 0 Å². The van der Waals surface area contributed by atoms with Gasteiger partial charge < -0.3 is 55.2 Å². The van der Waals surface area contributed by atoms with Crippen LogP contribution >= 0.6 is 0 Å². The number of aromatic nitrogens is 1. The Kier molecular flexibility index (Phi) is 17.3. The summed E-state index contributed by atoms with van der Waals surface area (Å²) in [5, 5.41) is 67.8. The maximum absolute atomic E-state index is 13.3. The average molecular weight is 797 g/mol. The molecule has 0 spiro atoms. The zero-order chi connectivity index (χ0) is 42.7. The molecule has 2 aliphatic rings. The summed E-state index contributed by atoms with van der Waals surface area (Å²) in [6.07, 6.45) is 12.8. The molecule has 314 valence electrons. The summed E-state index contributed by atoms with van der Waals surface area (Å²) in [5.41, 5.74) is -1.02. The SMILES string of the molecule is C/C=C\C=C\C1OC(O)([C@H](CC)C(=O)NC/C=C/C=C(\C)[C@@H](OC)[C@@H](C)[C@@H]2O[C@H](/C=C/C=C/C=C(\C)C(=O)c3c(O)cc[nH]c3=O)[C@H](O)[C@@H]2O)C(O)C(O)C1(C)C. The van der Waals surface area contributed by atoms with Gasteiger partial charge in [-0.25, -0.2) is 0 Å². The molecular weight excluding hydrogens is 736 g/mol. The zero-order valence-electron chi connectivity index (χ0n) is 33.9. The van der Waals surface area contributed by atoms with Crippen LogP contribution in [0.4, 0.5) is 0 Å². The third kappa shape index (κ3) is 11.0. The monoisotopic (exact) mass is 796 g/mol. The fraction of sp³-hybridized carbons (Fsp3) is 0.512. The highest BCUT2D eigenvalue weighted by molar-refractivity contribution is 6.09. The minimum absolute atomic E-state index is 0.0817. The highest BCUT2D eigenvalue weighted by Gasteiger charge is 2.60. The number of amides is 1. The normalized spacial score (nSPS) is 30.2. The number of aromatic amines is 1. The molecule has 14 nitrogen and oxygen atoms in total. The van der Waals surface area contributed by atoms with E-state index in [9.17, 15) is 45.0 Å². The van der Waals surface area contributed by atoms with Crippen LogP contribution in [0.25, 0.3) is 0 Å². The molecular formula is C43H60N2O12. The highest BCUT2D eigenvalue weighted by atomic mass is 16.7. The fourth-order valence-electron chi connectivity index (χ4n) is 7.12. The number of rotatable bonds is 17. The molecule has 0 bridgehead atoms. The van der Waals surface area contributed by atoms with Crippen molar-refractivity contribution in [3.8, 4) is 5.75 Å². The first-order valence-electron chi connectivity index (χ1n) is 19.1. The first-order chi connectivity index (χ1) is 26.9. The molecule has 14 heteroatoms. The van der Waals surface area contributed by atoms with Crippen LogP contribution in [0.15, 0.2) is 101 Å². The van der Waals surface area contributed by atoms with E-state index in [0.717, 1.165) is 5.57 Å². The molecule has 2 saturated heterocycles. The first-order valence-corrected chi connectivity index (χ1v) is 19.1. The van der Waals surface area contributed by atoms with Crippen LogP contribution in [0.5, 0.6) is 5.75 Å². The molecule has 2 aliphatic heterocycles. The first kappa shape index (κ1) is 47.1. The third-order valence-electron chi connectivity index (χ3n) is 10.7. The largest absolute Gasteiger partial charge is 0.507 e. The van der Waals surface area contributed by atoms with Crippen LogP contribution in [0.3, 0.4) is 0 Å². The second-order valence-electron chi connectivity index (χ2n) is 15.0. The predicted molar refractivity (Wildman–Crippen MR) is 215 cm³/mol. The van der Waals surface area contributed by atoms with Gasteiger partial charge in [-0.3, -0.25) is 14.4 Å². The van der Waals surface area contributed by atoms with E-state index in [0.29, 0.717) is 0 Å². The van der Waals surface area contributed by atoms with Crippen molar-refractivity contribution in [2.45, 2.75) is 110 Å². The second-order valence-corrected chi connectivity index (χ2v) is 15.0. The number of hydrogen-bond donors (Lipinski definition) is 8. The number of H-pyrrole nitrogens is 1. The van der Waals surface area contributed by atoms with Crippen LogP contribution in [-0.2, 0) is 19.0 Å². The molecule has 8 N–H and O–H groups in total. The summed E-state index contributed by atoms with van der Waals surface area (Å²) in [4.78, 5) is 40.2. The number of hydrogen-bond acceptors (Lipinski definition) is 12. The van der Waals surface area contributed by atoms with Crippen LogP contribution in [0.2, 0.25) is 0 Å². The van der Waals surface area contributed by atoms with Crippen molar-refractivity contribution in [2.24, 2.45) is 17.3 Å². The van der Waals surface area contributed by atoms with Gasteiger partial charge in [-0.1, -0.05) is 101 Å². The quantitative estimate of drug-likeness (QED) is 0.0647. The second kappa shape index (κ2) is 21.0. The fourth-order valence-corrected chi connectivity index (χ4v) is 7.12. The van der Waals surface area contributed by atoms with E-state index in [1.807, 2.05) is 26.8 Å². The number of carbonyl (C=O) groups excluding carboxylic acids is 2. The molecule has 1 aromatic rings. The number of aliphatic hydroxyl groups excluding tert-OH is 4. The maximum Gasteiger partial charge on any atom is 0.262 e. The summed E-state index contributed by atoms with van der Waals surface area (Å²) in [6.45, 7) is 12.2. The van der Waals surface area contributed by atoms with E-state index in [4.69, 9.17) is 14.2 Å². The molecule has 0 saturated carbocycles. The van der Waals surface area contributed by atoms with Crippen molar-refractivity contribution < 1.29 is 54.4 Å². The summed E-state index contributed by atoms with van der Waals surface area (Å²) in [7, 11) is 1.52. The Bertz CT molecular complexity index is 1810. The van der Waals surface area contributed by atoms with Gasteiger partial charge in [-0.2, -0.15) is 0 Å². The Labute approximate surface area is 334 Å². The molecule has 0 aliphatic carbocycles. The summed E-state index contributed by atoms with van der Waals surface area (Å²) >= 11 is 0. The molecule has 3 rings (SSSR count). The minimum atomic E-state index is -2.34. The molecule has 1 amide bonds. The maximum atomic E-state index is 13.3. The van der Waals surface area contributed by atoms with E-state index in [2.05, 4.69) is 10.3 Å². The minimum Gasteiger partial charge on any atom is -0.507 e. The lowest BCUT2D eigenvalue weighted by molar-refractivity contribution is -0.359. The van der Waals surface area contributed by atoms with E-state index >= 15 is 0 Å². The van der Waals surface area contributed by atoms with Gasteiger partial charge >= 0.3 is 0 Å². The number of ether oxygens (including phenoxy) is 3. The number of methoxy groups -OCH3 is 1. The van der Waals surface area contributed by atoms with Gasteiger partial charge in [0.05, 0.1) is 30.3 Å². The van der Waals surface area contributed by atoms with Crippen LogP contribution in [0.1, 0.15) is 65.2 Å². The van der Waals surface area contributed by atoms with Gasteiger partial charge in [-0.15, -0.1) is 0 Å². The summed E-state index contributed by atoms with van der Waals surface area (Å²) in [5.74, 6) is -5.55. The molecule has 11 atom stereocenters. The summed E-state index contributed by atoms with van der Waals surface area (Å²) in [6, 6.07) is 1.22. The number of Topliss-reactive ketones (excluding diaryl/α,β-unsaturated/α-hetero) is 1. The third-order valence-corrected chi connectivity index (χ3v) is 10.7. The predicted octanol–water partition coefficient (Wildman–Crippen LogP) is 3.07. The number of carbonyl (C=O) groups is 2. The van der Waals surface area contributed by atoms with Crippen molar-refractivity contribution in [2.75, 3.05) is 13.7 Å². The topological polar surface area (TPSA) is 228 Å². The average Bonchev–Trinajstić information content (AvgIpc) is 3.45. The van der Waals surface area contributed by atoms with E-state index in [1.165, 1.54) is 32.4 Å². The molecule has 57 heavy (non-hydrogen) atoms. The zero-order valence-corrected chi connectivity index (χ0v) is 33.9. The van der Waals surface area contributed by atoms with Gasteiger partial charge in [0.1, 0.15) is 35.7 Å². The van der Waals surface area contributed by atoms with Crippen molar-refractivity contribution in [3.05, 3.63) is 112 Å². The van der Waals surface area contributed by atoms with Gasteiger partial charge in [0.25, 0.3) is 5.56 Å². The highest BCUT2D eigenvalue weighted by Crippen LogP contribution is 2.44. The van der Waals surface area contributed by atoms with E-state index < -0.39 is 94.9 Å². The van der Waals surface area contributed by atoms with Gasteiger partial charge in [0, 0.05) is 31.2 Å². The Balaban J connectivity index is 1.60. The number of aromatic hydroxyl groups is 1. The molecule has 0 aromatic carbocycles. The van der Waals surface area contributed by atoms with Gasteiger partial charge in [0.2, 0.25) is 11.7 Å². The van der Waals surface area contributed by atoms with Crippen molar-refractivity contribution in [1.29, 1.82) is 0 Å². The number of allylic oxidation sites excluding steroid dienone is 10. The molecule has 4 unspecified atom stereocenters. The Morgan fingerprint density at radius 1 is 1.00 bits per heavy atom. The van der Waals surface area contributed by atoms with Crippen LogP contribution in [-0.4, -0.2) is 116 Å². The van der Waals surface area contributed by atoms with Gasteiger partial charge in [-0.05, 0) is 44.4 Å². The molecule has 0 radical (unpaired) electrons. The standard InChI is InChI=1S/C43H60N2O12/c1-9-11-13-21-31-42(6,7)38(50)39(51)43(54,57-31)28(10-2)40(52)44-23-17-16-19-26(4)36(55-8)27(5)37-35(49)34(48)30(56-37)20-15-12-14-18-25(3)33(47)32-29(46)22-24-45-41(32)53/h9,11-22,24,27-28,30-31,34-39,48-51,54H,10,23H2,1-8H3,(H,44,52)(H2,45,46,53)/b11-9-,14-12+,17-16+,20-15+,21-13+,25-18+,26-19+/t27-,28-,30-,31?,34+,35+,36-,37+,38?,39?,43?/m1/s1. The van der Waals surface area contributed by atoms with Crippen LogP contribution < -0.4 is 10.9 Å². The molecule has 3 heterocycles. The van der Waals surface area contributed by atoms with Crippen LogP contribution in [0, 0.1) is 17.3 Å². The lowest BCUT2D eigenvalue weighted by Gasteiger charge is -2.53. The number of pyridine rings is 1. The van der Waals surface area contributed by atoms with Crippen molar-refractivity contribution in [1.82, 2.24) is 10.3 Å². The van der Waals surface area contributed by atoms with E-state index in [1.54, 1.807) is 81.5 Å². The molecule has 1 aromatic heterocycles. The number of aliphatic hydroxyl groups is 5. The number of ketones is 1. The molecule has 2 fully saturated rings. The van der Waals surface area contributed by atoms with Gasteiger partial charge in [0.15, 0.2) is 5.78 Å². The Hall–Kier alpha value is -4.25. The Morgan fingerprint density at radius 3 is 2.32 bits per heavy atom. The smallest absolute Gasteiger partial charge is 0.262 e. The van der Waals surface area contributed by atoms with E-state index in [-0.39, 0.29) is 24.1 Å². The lowest BCUT2D eigenvalue weighted by Crippen LogP contribution is -2.69. The lowest BCUT2D eigenvalue weighted by atomic mass is 9.71. The van der Waals surface area contributed by atoms with Crippen molar-refractivity contribution >= 4 is 11.7 Å². The Morgan fingerprint density at radius 2 is 1.68 bits per heavy atom.